The Morgan fingerprint density at radius 2 is 1.79 bits per heavy atom. The Morgan fingerprint density at radius 1 is 1.13 bits per heavy atom. The molecule has 9 nitrogen and oxygen atoms in total. The average Bonchev–Trinajstić information content (AvgIpc) is 2.75. The number of benzene rings is 2. The molecule has 192 valence electrons. The second-order valence-electron chi connectivity index (χ2n) is 8.18. The maximum atomic E-state index is 13.1. The largest absolute Gasteiger partial charge is 1.00 e. The monoisotopic (exact) mass is 601 g/mol. The number of hydrogen-bond acceptors (Lipinski definition) is 8. The van der Waals surface area contributed by atoms with Crippen LogP contribution in [0.5, 0.6) is 5.75 Å². The standard InChI is InChI=1S/C22H20F3N3O3S.CH2O3.2K/c1-21(2)28-20(15-7-5-13(22(23,24)25)9-17(15)31-21)32-11-19(30)26-14-6-3-12-4-8-18(29)27-16(12)10-14;2-1(3)4;;/h3,5-7,9-10H,4,8,11H2,1-2H3,(H,26,30)(H,27,29);(H2,2,3,4);;/q;;2*+1/p-2. The van der Waals surface area contributed by atoms with Gasteiger partial charge in [0, 0.05) is 23.4 Å². The number of alkyl halides is 3. The number of hydrogen-bond donors (Lipinski definition) is 2. The number of fused-ring (bicyclic) bond motifs is 2. The SMILES string of the molecule is CC1(C)N=C(SCC(=O)Nc2ccc3c(c2)NC(=O)CC3)c2ccc(C(F)(F)F)cc2O1.O=C([O-])[O-].[K+].[K+]. The number of carbonyl (C=O) groups is 3. The fourth-order valence-corrected chi connectivity index (χ4v) is 4.40. The molecule has 2 aliphatic heterocycles. The van der Waals surface area contributed by atoms with Crippen LogP contribution in [-0.4, -0.2) is 34.5 Å². The van der Waals surface area contributed by atoms with Gasteiger partial charge in [-0.3, -0.25) is 9.59 Å². The van der Waals surface area contributed by atoms with E-state index in [0.29, 0.717) is 34.8 Å². The molecule has 0 unspecified atom stereocenters. The number of carboxylic acid groups (broad SMARTS) is 2. The molecule has 0 radical (unpaired) electrons. The van der Waals surface area contributed by atoms with Crippen molar-refractivity contribution in [1.82, 2.24) is 0 Å². The van der Waals surface area contributed by atoms with Crippen molar-refractivity contribution in [3.05, 3.63) is 53.1 Å². The summed E-state index contributed by atoms with van der Waals surface area (Å²) >= 11 is 1.12. The van der Waals surface area contributed by atoms with E-state index in [1.807, 2.05) is 6.07 Å². The van der Waals surface area contributed by atoms with E-state index in [0.717, 1.165) is 29.5 Å². The first-order valence-corrected chi connectivity index (χ1v) is 11.5. The number of aliphatic imine (C=N–C) groups is 1. The van der Waals surface area contributed by atoms with Crippen LogP contribution in [0.2, 0.25) is 0 Å². The van der Waals surface area contributed by atoms with E-state index in [4.69, 9.17) is 19.7 Å². The molecule has 2 aliphatic rings. The third-order valence-electron chi connectivity index (χ3n) is 4.90. The number of thioether (sulfide) groups is 1. The van der Waals surface area contributed by atoms with E-state index >= 15 is 0 Å². The van der Waals surface area contributed by atoms with Crippen LogP contribution < -0.4 is 128 Å². The molecule has 0 aromatic heterocycles. The van der Waals surface area contributed by atoms with Crippen LogP contribution in [0, 0.1) is 0 Å². The molecule has 2 aromatic carbocycles. The van der Waals surface area contributed by atoms with E-state index in [-0.39, 0.29) is 126 Å². The number of amides is 2. The number of aryl methyl sites for hydroxylation is 1. The van der Waals surface area contributed by atoms with Crippen LogP contribution >= 0.6 is 11.8 Å². The van der Waals surface area contributed by atoms with Crippen LogP contribution in [0.3, 0.4) is 0 Å². The third-order valence-corrected chi connectivity index (χ3v) is 5.89. The Hall–Kier alpha value is -0.467. The van der Waals surface area contributed by atoms with Gasteiger partial charge in [-0.2, -0.15) is 13.2 Å². The van der Waals surface area contributed by atoms with Crippen molar-refractivity contribution >= 4 is 46.2 Å². The summed E-state index contributed by atoms with van der Waals surface area (Å²) in [6.45, 7) is 3.27. The minimum Gasteiger partial charge on any atom is -0.652 e. The van der Waals surface area contributed by atoms with Gasteiger partial charge in [-0.25, -0.2) is 4.99 Å². The molecule has 15 heteroatoms. The Morgan fingerprint density at radius 3 is 2.42 bits per heavy atom. The average molecular weight is 602 g/mol. The van der Waals surface area contributed by atoms with Crippen LogP contribution in [-0.2, 0) is 22.2 Å². The molecule has 0 fully saturated rings. The molecule has 2 aromatic rings. The van der Waals surface area contributed by atoms with Crippen LogP contribution in [0.25, 0.3) is 0 Å². The fourth-order valence-electron chi connectivity index (χ4n) is 3.45. The van der Waals surface area contributed by atoms with Crippen LogP contribution in [0.15, 0.2) is 41.4 Å². The van der Waals surface area contributed by atoms with Crippen molar-refractivity contribution in [2.45, 2.75) is 38.6 Å². The van der Waals surface area contributed by atoms with E-state index in [2.05, 4.69) is 15.6 Å². The Labute approximate surface area is 305 Å². The van der Waals surface area contributed by atoms with Crippen LogP contribution in [0.1, 0.15) is 37.0 Å². The summed E-state index contributed by atoms with van der Waals surface area (Å²) in [4.78, 5) is 36.8. The molecular weight excluding hydrogens is 582 g/mol. The van der Waals surface area contributed by atoms with Gasteiger partial charge in [0.15, 0.2) is 5.72 Å². The molecule has 2 heterocycles. The Bertz CT molecular complexity index is 1240. The predicted octanol–water partition coefficient (Wildman–Crippen LogP) is -3.60. The number of rotatable bonds is 3. The van der Waals surface area contributed by atoms with Gasteiger partial charge in [-0.1, -0.05) is 17.8 Å². The van der Waals surface area contributed by atoms with Crippen molar-refractivity contribution in [2.24, 2.45) is 4.99 Å². The minimum absolute atomic E-state index is 0. The second-order valence-corrected chi connectivity index (χ2v) is 9.15. The van der Waals surface area contributed by atoms with Gasteiger partial charge < -0.3 is 30.4 Å². The zero-order valence-corrected chi connectivity index (χ0v) is 28.1. The topological polar surface area (TPSA) is 143 Å². The zero-order valence-electron chi connectivity index (χ0n) is 21.0. The number of halogens is 3. The molecule has 38 heavy (non-hydrogen) atoms. The zero-order chi connectivity index (χ0) is 26.7. The first-order chi connectivity index (χ1) is 16.7. The number of anilines is 2. The molecule has 2 amide bonds. The van der Waals surface area contributed by atoms with Crippen molar-refractivity contribution in [2.75, 3.05) is 16.4 Å². The number of ether oxygens (including phenoxy) is 1. The summed E-state index contributed by atoms with van der Waals surface area (Å²) < 4.78 is 44.8. The number of nitrogens with one attached hydrogen (secondary N) is 2. The maximum absolute atomic E-state index is 13.1. The quantitative estimate of drug-likeness (QED) is 0.346. The summed E-state index contributed by atoms with van der Waals surface area (Å²) in [5.74, 6) is -0.298. The third kappa shape index (κ3) is 10.5. The molecule has 0 spiro atoms. The summed E-state index contributed by atoms with van der Waals surface area (Å²) in [6, 6.07) is 8.56. The number of nitrogens with zero attached hydrogens (tertiary/aromatic N) is 1. The molecule has 0 atom stereocenters. The van der Waals surface area contributed by atoms with Crippen molar-refractivity contribution in [3.63, 3.8) is 0 Å². The van der Waals surface area contributed by atoms with E-state index in [1.165, 1.54) is 6.07 Å². The summed E-state index contributed by atoms with van der Waals surface area (Å²) in [5, 5.41) is 22.7. The van der Waals surface area contributed by atoms with Crippen molar-refractivity contribution in [1.29, 1.82) is 0 Å². The maximum Gasteiger partial charge on any atom is 1.00 e. The summed E-state index contributed by atoms with van der Waals surface area (Å²) in [5.41, 5.74) is 0.762. The summed E-state index contributed by atoms with van der Waals surface area (Å²) in [6.07, 6.45) is -5.74. The first-order valence-electron chi connectivity index (χ1n) is 10.5. The fraction of sp³-hybridized carbons (Fsp3) is 0.304. The molecule has 0 aliphatic carbocycles. The van der Waals surface area contributed by atoms with Crippen molar-refractivity contribution in [3.8, 4) is 5.75 Å². The van der Waals surface area contributed by atoms with E-state index in [1.54, 1.807) is 26.0 Å². The molecule has 0 bridgehead atoms. The Kier molecular flexibility index (Phi) is 14.0. The van der Waals surface area contributed by atoms with Gasteiger partial charge in [0.25, 0.3) is 0 Å². The van der Waals surface area contributed by atoms with Crippen LogP contribution in [0.4, 0.5) is 29.3 Å². The Balaban J connectivity index is 0.00000113. The minimum atomic E-state index is -4.49. The van der Waals surface area contributed by atoms with Gasteiger partial charge in [0.2, 0.25) is 11.8 Å². The first kappa shape index (κ1) is 35.6. The van der Waals surface area contributed by atoms with Crippen molar-refractivity contribution < 1.29 is 145 Å². The molecule has 2 N–H and O–H groups in total. The van der Waals surface area contributed by atoms with Gasteiger partial charge in [-0.15, -0.1) is 0 Å². The van der Waals surface area contributed by atoms with Gasteiger partial charge in [0.1, 0.15) is 10.8 Å². The second kappa shape index (κ2) is 15.0. The van der Waals surface area contributed by atoms with Gasteiger partial charge in [0.05, 0.1) is 11.3 Å². The molecule has 0 saturated carbocycles. The number of carbonyl (C=O) groups excluding carboxylic acids is 3. The van der Waals surface area contributed by atoms with E-state index in [9.17, 15) is 22.8 Å². The summed E-state index contributed by atoms with van der Waals surface area (Å²) in [7, 11) is 0. The normalized spacial score (nSPS) is 14.8. The van der Waals surface area contributed by atoms with Gasteiger partial charge in [-0.05, 0) is 62.3 Å². The molecule has 4 rings (SSSR count). The molecular formula is C23H20F3K2N3O6S. The molecule has 0 saturated heterocycles. The van der Waals surface area contributed by atoms with E-state index < -0.39 is 23.6 Å². The van der Waals surface area contributed by atoms with Gasteiger partial charge >= 0.3 is 109 Å². The smallest absolute Gasteiger partial charge is 0.652 e. The predicted molar refractivity (Wildman–Crippen MR) is 123 cm³/mol.